The van der Waals surface area contributed by atoms with E-state index in [0.29, 0.717) is 0 Å². The van der Waals surface area contributed by atoms with Crippen LogP contribution in [0.4, 0.5) is 0 Å². The largest absolute Gasteiger partial charge is 0.0610 e. The molecule has 0 N–H and O–H groups in total. The molecule has 0 amide bonds. The molecule has 3 aliphatic carbocycles. The second kappa shape index (κ2) is 11.2. The molecule has 156 valence electrons. The van der Waals surface area contributed by atoms with Crippen LogP contribution >= 0.6 is 0 Å². The van der Waals surface area contributed by atoms with Gasteiger partial charge in [-0.2, -0.15) is 0 Å². The van der Waals surface area contributed by atoms with Crippen molar-refractivity contribution in [1.29, 1.82) is 0 Å². The van der Waals surface area contributed by atoms with Crippen LogP contribution in [-0.2, 0) is 12.8 Å². The summed E-state index contributed by atoms with van der Waals surface area (Å²) < 4.78 is 0. The quantitative estimate of drug-likeness (QED) is 0.355. The van der Waals surface area contributed by atoms with Gasteiger partial charge in [-0.3, -0.25) is 0 Å². The Bertz CT molecular complexity index is 813. The van der Waals surface area contributed by atoms with Gasteiger partial charge in [0.25, 0.3) is 0 Å². The average molecular weight is 397 g/mol. The molecule has 0 saturated heterocycles. The molecule has 0 aliphatic heterocycles. The summed E-state index contributed by atoms with van der Waals surface area (Å²) in [7, 11) is 0. The summed E-state index contributed by atoms with van der Waals surface area (Å²) in [5.41, 5.74) is 8.20. The van der Waals surface area contributed by atoms with Crippen molar-refractivity contribution in [2.24, 2.45) is 0 Å². The van der Waals surface area contributed by atoms with Crippen LogP contribution in [0.15, 0.2) is 72.8 Å². The van der Waals surface area contributed by atoms with E-state index in [9.17, 15) is 0 Å². The number of rotatable bonds is 0. The van der Waals surface area contributed by atoms with Crippen molar-refractivity contribution >= 4 is 0 Å². The first-order valence-electron chi connectivity index (χ1n) is 12.2. The lowest BCUT2D eigenvalue weighted by Crippen LogP contribution is -1.87. The summed E-state index contributed by atoms with van der Waals surface area (Å²) in [6.07, 6.45) is 16.3. The number of hydrogen-bond donors (Lipinski definition) is 0. The molecule has 3 aromatic rings. The Morgan fingerprint density at radius 3 is 1.10 bits per heavy atom. The van der Waals surface area contributed by atoms with Gasteiger partial charge in [-0.05, 0) is 65.1 Å². The molecular formula is C30H36. The Morgan fingerprint density at radius 2 is 0.700 bits per heavy atom. The van der Waals surface area contributed by atoms with Gasteiger partial charge in [0.15, 0.2) is 0 Å². The Morgan fingerprint density at radius 1 is 0.333 bits per heavy atom. The zero-order valence-electron chi connectivity index (χ0n) is 18.4. The number of aryl methyl sites for hydroxylation is 2. The van der Waals surface area contributed by atoms with E-state index in [-0.39, 0.29) is 0 Å². The zero-order chi connectivity index (χ0) is 20.4. The van der Waals surface area contributed by atoms with Crippen molar-refractivity contribution in [3.63, 3.8) is 0 Å². The topological polar surface area (TPSA) is 0 Å². The minimum absolute atomic E-state index is 1.21. The van der Waals surface area contributed by atoms with Gasteiger partial charge in [-0.1, -0.05) is 118 Å². The molecule has 0 fully saturated rings. The fourth-order valence-corrected chi connectivity index (χ4v) is 4.68. The van der Waals surface area contributed by atoms with E-state index in [1.54, 1.807) is 0 Å². The van der Waals surface area contributed by atoms with Gasteiger partial charge >= 0.3 is 0 Å². The predicted octanol–water partition coefficient (Wildman–Crippen LogP) is 9.02. The van der Waals surface area contributed by atoms with Gasteiger partial charge in [0, 0.05) is 0 Å². The molecule has 6 rings (SSSR count). The van der Waals surface area contributed by atoms with Crippen LogP contribution in [-0.4, -0.2) is 0 Å². The minimum atomic E-state index is 1.21. The average Bonchev–Trinajstić information content (AvgIpc) is 2.80. The van der Waals surface area contributed by atoms with Crippen LogP contribution in [0.3, 0.4) is 0 Å². The molecule has 3 aromatic carbocycles. The van der Waals surface area contributed by atoms with Crippen LogP contribution in [0.1, 0.15) is 75.3 Å². The summed E-state index contributed by atoms with van der Waals surface area (Å²) in [5.74, 6) is 0. The molecule has 0 aromatic heterocycles. The Labute approximate surface area is 183 Å². The van der Waals surface area contributed by atoms with E-state index in [2.05, 4.69) is 72.8 Å². The molecule has 0 spiro atoms. The highest BCUT2D eigenvalue weighted by molar-refractivity contribution is 5.73. The summed E-state index contributed by atoms with van der Waals surface area (Å²) in [6, 6.07) is 27.5. The first kappa shape index (κ1) is 20.9. The molecule has 0 radical (unpaired) electrons. The van der Waals surface area contributed by atoms with Crippen LogP contribution in [0.5, 0.6) is 0 Å². The van der Waals surface area contributed by atoms with Gasteiger partial charge < -0.3 is 0 Å². The van der Waals surface area contributed by atoms with Gasteiger partial charge in [-0.25, -0.2) is 0 Å². The van der Waals surface area contributed by atoms with Crippen LogP contribution in [0.25, 0.3) is 22.3 Å². The second-order valence-corrected chi connectivity index (χ2v) is 9.01. The normalized spacial score (nSPS) is 16.4. The van der Waals surface area contributed by atoms with E-state index in [1.807, 2.05) is 0 Å². The van der Waals surface area contributed by atoms with Crippen molar-refractivity contribution in [3.05, 3.63) is 83.9 Å². The molecular weight excluding hydrogens is 360 g/mol. The fraction of sp³-hybridized carbons (Fsp3) is 0.400. The van der Waals surface area contributed by atoms with Crippen molar-refractivity contribution in [2.75, 3.05) is 0 Å². The third-order valence-electron chi connectivity index (χ3n) is 6.62. The highest BCUT2D eigenvalue weighted by Crippen LogP contribution is 2.27. The molecule has 0 heterocycles. The summed E-state index contributed by atoms with van der Waals surface area (Å²) in [6.45, 7) is 0. The van der Waals surface area contributed by atoms with Gasteiger partial charge in [0.05, 0.1) is 0 Å². The molecule has 6 bridgehead atoms. The van der Waals surface area contributed by atoms with E-state index in [1.165, 1.54) is 110 Å². The summed E-state index contributed by atoms with van der Waals surface area (Å²) in [4.78, 5) is 0. The smallest absolute Gasteiger partial charge is 0.0178 e. The van der Waals surface area contributed by atoms with Crippen molar-refractivity contribution in [1.82, 2.24) is 0 Å². The van der Waals surface area contributed by atoms with Gasteiger partial charge in [0.2, 0.25) is 0 Å². The van der Waals surface area contributed by atoms with Crippen molar-refractivity contribution in [3.8, 4) is 22.3 Å². The van der Waals surface area contributed by atoms with Gasteiger partial charge in [0.1, 0.15) is 0 Å². The van der Waals surface area contributed by atoms with E-state index in [0.717, 1.165) is 0 Å². The molecule has 0 unspecified atom stereocenters. The molecule has 0 saturated carbocycles. The van der Waals surface area contributed by atoms with E-state index in [4.69, 9.17) is 0 Å². The Kier molecular flexibility index (Phi) is 7.78. The highest BCUT2D eigenvalue weighted by atomic mass is 14.1. The van der Waals surface area contributed by atoms with Crippen LogP contribution < -0.4 is 0 Å². The third-order valence-corrected chi connectivity index (χ3v) is 6.62. The molecule has 0 atom stereocenters. The maximum Gasteiger partial charge on any atom is -0.0178 e. The SMILES string of the molecule is c1cc2cc(c1)-c1ccc(cc1)CCCCCCCCCCCCc1ccc-2cc1. The molecule has 3 aliphatic rings. The maximum absolute atomic E-state index is 2.33. The van der Waals surface area contributed by atoms with Crippen LogP contribution in [0, 0.1) is 0 Å². The molecule has 0 nitrogen and oxygen atoms in total. The zero-order valence-corrected chi connectivity index (χ0v) is 18.4. The maximum atomic E-state index is 2.33. The number of fused-ring (bicyclic) bond motifs is 2. The van der Waals surface area contributed by atoms with Gasteiger partial charge in [-0.15, -0.1) is 0 Å². The number of hydrogen-bond acceptors (Lipinski definition) is 0. The first-order chi connectivity index (χ1) is 14.9. The minimum Gasteiger partial charge on any atom is -0.0610 e. The number of benzene rings is 3. The van der Waals surface area contributed by atoms with Crippen molar-refractivity contribution < 1.29 is 0 Å². The summed E-state index contributed by atoms with van der Waals surface area (Å²) >= 11 is 0. The first-order valence-corrected chi connectivity index (χ1v) is 12.2. The second-order valence-electron chi connectivity index (χ2n) is 9.01. The van der Waals surface area contributed by atoms with Crippen molar-refractivity contribution in [2.45, 2.75) is 77.0 Å². The Balaban J connectivity index is 1.51. The Hall–Kier alpha value is -2.34. The lowest BCUT2D eigenvalue weighted by atomic mass is 9.96. The molecule has 0 heteroatoms. The lowest BCUT2D eigenvalue weighted by Gasteiger charge is -2.08. The fourth-order valence-electron chi connectivity index (χ4n) is 4.68. The predicted molar refractivity (Wildman–Crippen MR) is 131 cm³/mol. The standard InChI is InChI=1S/C30H36/c1-2-4-6-8-10-13-26-18-22-28(23-19-26)30-15-11-14-29(24-30)27-20-16-25(17-21-27)12-9-7-5-3-1/h11,14-24H,1-10,12-13H2. The van der Waals surface area contributed by atoms with E-state index >= 15 is 0 Å². The van der Waals surface area contributed by atoms with E-state index < -0.39 is 0 Å². The highest BCUT2D eigenvalue weighted by Gasteiger charge is 2.04. The molecule has 30 heavy (non-hydrogen) atoms. The van der Waals surface area contributed by atoms with Crippen LogP contribution in [0.2, 0.25) is 0 Å². The summed E-state index contributed by atoms with van der Waals surface area (Å²) in [5, 5.41) is 0. The lowest BCUT2D eigenvalue weighted by molar-refractivity contribution is 0.551. The monoisotopic (exact) mass is 396 g/mol. The third kappa shape index (κ3) is 6.08.